The van der Waals surface area contributed by atoms with E-state index in [4.69, 9.17) is 10.7 Å². The first-order valence-electron chi connectivity index (χ1n) is 7.74. The first kappa shape index (κ1) is 20.5. The van der Waals surface area contributed by atoms with Crippen molar-refractivity contribution in [3.05, 3.63) is 29.1 Å². The van der Waals surface area contributed by atoms with Crippen molar-refractivity contribution in [1.82, 2.24) is 14.8 Å². The molecule has 0 bridgehead atoms. The number of aromatic nitrogens is 3. The maximum Gasteiger partial charge on any atom is 0.453 e. The largest absolute Gasteiger partial charge is 0.453 e. The Hall–Kier alpha value is -1.81. The van der Waals surface area contributed by atoms with Crippen LogP contribution < -0.4 is 5.32 Å². The zero-order chi connectivity index (χ0) is 19.9. The molecule has 1 aromatic carbocycles. The third-order valence-electron chi connectivity index (χ3n) is 3.79. The number of hydrogen-bond acceptors (Lipinski definition) is 5. The Labute approximate surface area is 153 Å². The van der Waals surface area contributed by atoms with Crippen molar-refractivity contribution in [1.29, 1.82) is 0 Å². The molecule has 26 heavy (non-hydrogen) atoms. The minimum Gasteiger partial charge on any atom is -0.357 e. The number of hydrogen-bond donors (Lipinski definition) is 1. The molecule has 6 nitrogen and oxygen atoms in total. The van der Waals surface area contributed by atoms with Crippen LogP contribution in [0.25, 0.3) is 5.69 Å². The van der Waals surface area contributed by atoms with Crippen molar-refractivity contribution >= 4 is 25.7 Å². The second-order valence-electron chi connectivity index (χ2n) is 5.88. The highest BCUT2D eigenvalue weighted by molar-refractivity contribution is 8.13. The molecule has 1 N–H and O–H groups in total. The molecule has 0 aliphatic rings. The summed E-state index contributed by atoms with van der Waals surface area (Å²) in [5.41, 5.74) is 1.28. The topological polar surface area (TPSA) is 76.9 Å². The molecular weight excluding hydrogens is 393 g/mol. The van der Waals surface area contributed by atoms with Crippen LogP contribution in [-0.2, 0) is 21.6 Å². The average molecular weight is 411 g/mol. The lowest BCUT2D eigenvalue weighted by Crippen LogP contribution is -2.11. The van der Waals surface area contributed by atoms with Crippen molar-refractivity contribution in [2.75, 3.05) is 12.4 Å². The Morgan fingerprint density at radius 1 is 1.31 bits per heavy atom. The smallest absolute Gasteiger partial charge is 0.357 e. The number of alkyl halides is 3. The third-order valence-corrected chi connectivity index (χ3v) is 5.19. The van der Waals surface area contributed by atoms with E-state index >= 15 is 0 Å². The molecular formula is C15H18ClF3N4O2S. The average Bonchev–Trinajstić information content (AvgIpc) is 2.96. The first-order valence-corrected chi connectivity index (χ1v) is 10.0. The quantitative estimate of drug-likeness (QED) is 0.755. The molecule has 2 rings (SSSR count). The summed E-state index contributed by atoms with van der Waals surface area (Å²) < 4.78 is 63.8. The van der Waals surface area contributed by atoms with Crippen LogP contribution in [0.1, 0.15) is 43.6 Å². The van der Waals surface area contributed by atoms with Gasteiger partial charge >= 0.3 is 6.18 Å². The van der Waals surface area contributed by atoms with E-state index in [1.165, 1.54) is 13.1 Å². The molecule has 11 heteroatoms. The van der Waals surface area contributed by atoms with Crippen molar-refractivity contribution in [3.8, 4) is 5.69 Å². The zero-order valence-electron chi connectivity index (χ0n) is 14.5. The summed E-state index contributed by atoms with van der Waals surface area (Å²) in [6, 6.07) is 2.87. The van der Waals surface area contributed by atoms with Crippen LogP contribution in [0, 0.1) is 0 Å². The van der Waals surface area contributed by atoms with Crippen LogP contribution in [0.2, 0.25) is 0 Å². The number of nitrogens with zero attached hydrogens (tertiary/aromatic N) is 3. The SMILES string of the molecule is CCc1cc(C(C)C)c(-n2nc(C(F)(F)F)nc2NC)cc1S(=O)(=O)Cl. The molecule has 0 atom stereocenters. The van der Waals surface area contributed by atoms with Gasteiger partial charge in [0, 0.05) is 17.7 Å². The van der Waals surface area contributed by atoms with Crippen molar-refractivity contribution in [2.24, 2.45) is 0 Å². The monoisotopic (exact) mass is 410 g/mol. The van der Waals surface area contributed by atoms with Crippen LogP contribution in [0.3, 0.4) is 0 Å². The van der Waals surface area contributed by atoms with Gasteiger partial charge in [-0.2, -0.15) is 22.8 Å². The van der Waals surface area contributed by atoms with Crippen LogP contribution in [-0.4, -0.2) is 30.2 Å². The summed E-state index contributed by atoms with van der Waals surface area (Å²) in [5.74, 6) is -1.60. The Kier molecular flexibility index (Phi) is 5.57. The van der Waals surface area contributed by atoms with Gasteiger partial charge in [-0.3, -0.25) is 0 Å². The fourth-order valence-corrected chi connectivity index (χ4v) is 3.74. The van der Waals surface area contributed by atoms with Gasteiger partial charge in [-0.1, -0.05) is 26.8 Å². The van der Waals surface area contributed by atoms with E-state index in [0.29, 0.717) is 17.5 Å². The summed E-state index contributed by atoms with van der Waals surface area (Å²) >= 11 is 0. The van der Waals surface area contributed by atoms with Gasteiger partial charge in [0.1, 0.15) is 0 Å². The Morgan fingerprint density at radius 2 is 1.92 bits per heavy atom. The van der Waals surface area contributed by atoms with Gasteiger partial charge < -0.3 is 5.32 Å². The van der Waals surface area contributed by atoms with E-state index in [0.717, 1.165) is 4.68 Å². The second kappa shape index (κ2) is 7.07. The van der Waals surface area contributed by atoms with Gasteiger partial charge in [0.15, 0.2) is 0 Å². The summed E-state index contributed by atoms with van der Waals surface area (Å²) in [4.78, 5) is 3.28. The molecule has 0 fully saturated rings. The molecule has 0 amide bonds. The summed E-state index contributed by atoms with van der Waals surface area (Å²) in [5, 5.41) is 6.07. The summed E-state index contributed by atoms with van der Waals surface area (Å²) in [6.45, 7) is 5.45. The van der Waals surface area contributed by atoms with Crippen LogP contribution >= 0.6 is 10.7 Å². The van der Waals surface area contributed by atoms with E-state index in [-0.39, 0.29) is 22.4 Å². The molecule has 0 saturated heterocycles. The van der Waals surface area contributed by atoms with E-state index in [1.54, 1.807) is 13.0 Å². The number of anilines is 1. The number of rotatable bonds is 5. The molecule has 0 spiro atoms. The van der Waals surface area contributed by atoms with E-state index in [9.17, 15) is 21.6 Å². The molecule has 2 aromatic rings. The summed E-state index contributed by atoms with van der Waals surface area (Å²) in [6.07, 6.45) is -4.34. The van der Waals surface area contributed by atoms with Gasteiger partial charge in [-0.15, -0.1) is 5.10 Å². The molecule has 1 aromatic heterocycles. The van der Waals surface area contributed by atoms with Crippen LogP contribution in [0.5, 0.6) is 0 Å². The minimum absolute atomic E-state index is 0.106. The lowest BCUT2D eigenvalue weighted by atomic mass is 9.97. The van der Waals surface area contributed by atoms with Gasteiger partial charge in [0.25, 0.3) is 14.9 Å². The number of benzene rings is 1. The normalized spacial score (nSPS) is 12.7. The van der Waals surface area contributed by atoms with Crippen LogP contribution in [0.4, 0.5) is 19.1 Å². The Morgan fingerprint density at radius 3 is 2.35 bits per heavy atom. The minimum atomic E-state index is -4.74. The van der Waals surface area contributed by atoms with Crippen LogP contribution in [0.15, 0.2) is 17.0 Å². The maximum absolute atomic E-state index is 13.0. The maximum atomic E-state index is 13.0. The standard InChI is InChI=1S/C15H18ClF3N4O2S/c1-5-9-6-10(8(2)3)11(7-12(9)26(16,24)25)23-14(20-4)21-13(22-23)15(17,18)19/h6-8H,5H2,1-4H3,(H,20,21,22). The lowest BCUT2D eigenvalue weighted by molar-refractivity contribution is -0.144. The highest BCUT2D eigenvalue weighted by atomic mass is 35.7. The second-order valence-corrected chi connectivity index (χ2v) is 8.42. The van der Waals surface area contributed by atoms with E-state index in [2.05, 4.69) is 15.4 Å². The molecule has 144 valence electrons. The van der Waals surface area contributed by atoms with Gasteiger partial charge in [0.05, 0.1) is 10.6 Å². The van der Waals surface area contributed by atoms with Crippen molar-refractivity contribution in [2.45, 2.75) is 44.2 Å². The van der Waals surface area contributed by atoms with E-state index in [1.807, 2.05) is 13.8 Å². The third kappa shape index (κ3) is 3.96. The fraction of sp³-hybridized carbons (Fsp3) is 0.467. The fourth-order valence-electron chi connectivity index (χ4n) is 2.54. The molecule has 0 aliphatic heterocycles. The number of nitrogens with one attached hydrogen (secondary N) is 1. The highest BCUT2D eigenvalue weighted by Gasteiger charge is 2.37. The van der Waals surface area contributed by atoms with E-state index < -0.39 is 21.1 Å². The molecule has 0 aliphatic carbocycles. The van der Waals surface area contributed by atoms with Gasteiger partial charge in [-0.05, 0) is 29.5 Å². The highest BCUT2D eigenvalue weighted by Crippen LogP contribution is 2.34. The predicted molar refractivity (Wildman–Crippen MR) is 92.4 cm³/mol. The predicted octanol–water partition coefficient (Wildman–Crippen LogP) is 3.94. The van der Waals surface area contributed by atoms with Gasteiger partial charge in [-0.25, -0.2) is 8.42 Å². The molecule has 1 heterocycles. The van der Waals surface area contributed by atoms with Gasteiger partial charge in [0.2, 0.25) is 5.95 Å². The number of aryl methyl sites for hydroxylation is 1. The molecule has 0 radical (unpaired) electrons. The van der Waals surface area contributed by atoms with Crippen molar-refractivity contribution < 1.29 is 21.6 Å². The summed E-state index contributed by atoms with van der Waals surface area (Å²) in [7, 11) is 2.82. The Balaban J connectivity index is 2.86. The lowest BCUT2D eigenvalue weighted by Gasteiger charge is -2.17. The first-order chi connectivity index (χ1) is 11.9. The zero-order valence-corrected chi connectivity index (χ0v) is 16.1. The number of halogens is 4. The molecule has 0 saturated carbocycles. The van der Waals surface area contributed by atoms with Crippen molar-refractivity contribution in [3.63, 3.8) is 0 Å². The molecule has 0 unspecified atom stereocenters. The Bertz CT molecular complexity index is 924.